The van der Waals surface area contributed by atoms with Crippen molar-refractivity contribution >= 4 is 10.8 Å². The third-order valence-electron chi connectivity index (χ3n) is 3.42. The molecule has 0 aliphatic heterocycles. The first-order valence-electron chi connectivity index (χ1n) is 6.30. The van der Waals surface area contributed by atoms with Crippen LogP contribution in [0.5, 0.6) is 0 Å². The summed E-state index contributed by atoms with van der Waals surface area (Å²) in [6.07, 6.45) is 0. The molecule has 0 aliphatic rings. The molecule has 88 valence electrons. The van der Waals surface area contributed by atoms with E-state index in [4.69, 9.17) is 0 Å². The summed E-state index contributed by atoms with van der Waals surface area (Å²) >= 11 is 0. The van der Waals surface area contributed by atoms with Crippen molar-refractivity contribution in [1.29, 1.82) is 0 Å². The second kappa shape index (κ2) is 4.30. The van der Waals surface area contributed by atoms with Crippen LogP contribution in [0, 0.1) is 13.8 Å². The van der Waals surface area contributed by atoms with Crippen molar-refractivity contribution in [3.8, 4) is 11.1 Å². The molecule has 0 unspecified atom stereocenters. The lowest BCUT2D eigenvalue weighted by Gasteiger charge is -2.08. The normalized spacial score (nSPS) is 10.8. The number of benzene rings is 3. The van der Waals surface area contributed by atoms with E-state index in [1.807, 2.05) is 0 Å². The first-order chi connectivity index (χ1) is 8.74. The monoisotopic (exact) mass is 232 g/mol. The van der Waals surface area contributed by atoms with E-state index in [1.54, 1.807) is 0 Å². The van der Waals surface area contributed by atoms with E-state index >= 15 is 0 Å². The summed E-state index contributed by atoms with van der Waals surface area (Å²) in [5.74, 6) is 0. The van der Waals surface area contributed by atoms with E-state index < -0.39 is 0 Å². The Bertz CT molecular complexity index is 708. The highest BCUT2D eigenvalue weighted by Gasteiger charge is 2.02. The van der Waals surface area contributed by atoms with Crippen LogP contribution < -0.4 is 0 Å². The maximum absolute atomic E-state index is 2.27. The lowest BCUT2D eigenvalue weighted by Crippen LogP contribution is -1.84. The molecule has 0 aliphatic carbocycles. The molecule has 0 heteroatoms. The highest BCUT2D eigenvalue weighted by Crippen LogP contribution is 2.27. The van der Waals surface area contributed by atoms with Gasteiger partial charge in [0.15, 0.2) is 0 Å². The van der Waals surface area contributed by atoms with Crippen LogP contribution in [0.2, 0.25) is 0 Å². The SMILES string of the molecule is Cc1cccc(-c2cc(C)c3ccccc3c2)c1. The molecule has 0 fully saturated rings. The molecular formula is C18H16. The van der Waals surface area contributed by atoms with Gasteiger partial charge >= 0.3 is 0 Å². The van der Waals surface area contributed by atoms with Gasteiger partial charge in [-0.15, -0.1) is 0 Å². The summed E-state index contributed by atoms with van der Waals surface area (Å²) < 4.78 is 0. The molecule has 0 N–H and O–H groups in total. The summed E-state index contributed by atoms with van der Waals surface area (Å²) in [5.41, 5.74) is 5.24. The Labute approximate surface area is 108 Å². The second-order valence-electron chi connectivity index (χ2n) is 4.88. The minimum absolute atomic E-state index is 1.30. The van der Waals surface area contributed by atoms with Crippen LogP contribution in [0.1, 0.15) is 11.1 Å². The van der Waals surface area contributed by atoms with Gasteiger partial charge in [0.05, 0.1) is 0 Å². The van der Waals surface area contributed by atoms with Crippen molar-refractivity contribution < 1.29 is 0 Å². The minimum Gasteiger partial charge on any atom is -0.0616 e. The fourth-order valence-electron chi connectivity index (χ4n) is 2.49. The van der Waals surface area contributed by atoms with E-state index in [0.717, 1.165) is 0 Å². The molecule has 0 aromatic heterocycles. The molecule has 0 amide bonds. The highest BCUT2D eigenvalue weighted by molar-refractivity contribution is 5.90. The van der Waals surface area contributed by atoms with Crippen LogP contribution in [0.15, 0.2) is 60.7 Å². The molecule has 0 atom stereocenters. The summed E-state index contributed by atoms with van der Waals surface area (Å²) in [6, 6.07) is 21.8. The van der Waals surface area contributed by atoms with Gasteiger partial charge in [0, 0.05) is 0 Å². The molecule has 0 nitrogen and oxygen atoms in total. The fraction of sp³-hybridized carbons (Fsp3) is 0.111. The third kappa shape index (κ3) is 1.91. The van der Waals surface area contributed by atoms with Crippen molar-refractivity contribution in [2.75, 3.05) is 0 Å². The first kappa shape index (κ1) is 11.0. The zero-order valence-electron chi connectivity index (χ0n) is 10.8. The minimum atomic E-state index is 1.30. The van der Waals surface area contributed by atoms with Gasteiger partial charge in [0.25, 0.3) is 0 Å². The summed E-state index contributed by atoms with van der Waals surface area (Å²) in [7, 11) is 0. The third-order valence-corrected chi connectivity index (χ3v) is 3.42. The molecule has 0 saturated heterocycles. The lowest BCUT2D eigenvalue weighted by molar-refractivity contribution is 1.46. The predicted octanol–water partition coefficient (Wildman–Crippen LogP) is 5.12. The number of fused-ring (bicyclic) bond motifs is 1. The molecule has 0 bridgehead atoms. The standard InChI is InChI=1S/C18H16/c1-13-6-5-8-15(10-13)17-11-14(2)18-9-4-3-7-16(18)12-17/h3-12H,1-2H3. The van der Waals surface area contributed by atoms with Crippen molar-refractivity contribution in [3.63, 3.8) is 0 Å². The largest absolute Gasteiger partial charge is 0.0616 e. The second-order valence-corrected chi connectivity index (χ2v) is 4.88. The molecule has 3 aromatic rings. The van der Waals surface area contributed by atoms with E-state index in [0.29, 0.717) is 0 Å². The van der Waals surface area contributed by atoms with Crippen molar-refractivity contribution in [1.82, 2.24) is 0 Å². The first-order valence-corrected chi connectivity index (χ1v) is 6.30. The Morgan fingerprint density at radius 2 is 1.50 bits per heavy atom. The Morgan fingerprint density at radius 3 is 2.33 bits per heavy atom. The maximum Gasteiger partial charge on any atom is -0.0154 e. The molecule has 0 radical (unpaired) electrons. The van der Waals surface area contributed by atoms with E-state index in [9.17, 15) is 0 Å². The predicted molar refractivity (Wildman–Crippen MR) is 78.9 cm³/mol. The Hall–Kier alpha value is -2.08. The highest BCUT2D eigenvalue weighted by atomic mass is 14.1. The fourth-order valence-corrected chi connectivity index (χ4v) is 2.49. The molecule has 3 rings (SSSR count). The van der Waals surface area contributed by atoms with Gasteiger partial charge in [0.1, 0.15) is 0 Å². The molecule has 0 saturated carbocycles. The van der Waals surface area contributed by atoms with Gasteiger partial charge in [-0.1, -0.05) is 60.2 Å². The van der Waals surface area contributed by atoms with E-state index in [-0.39, 0.29) is 0 Å². The summed E-state index contributed by atoms with van der Waals surface area (Å²) in [5, 5.41) is 2.66. The van der Waals surface area contributed by atoms with Gasteiger partial charge in [-0.2, -0.15) is 0 Å². The maximum atomic E-state index is 2.27. The molecule has 18 heavy (non-hydrogen) atoms. The van der Waals surface area contributed by atoms with Crippen LogP contribution in [0.4, 0.5) is 0 Å². The molecule has 3 aromatic carbocycles. The summed E-state index contributed by atoms with van der Waals surface area (Å²) in [6.45, 7) is 4.32. The van der Waals surface area contributed by atoms with E-state index in [2.05, 4.69) is 74.5 Å². The van der Waals surface area contributed by atoms with Crippen LogP contribution in [-0.2, 0) is 0 Å². The Kier molecular flexibility index (Phi) is 2.64. The van der Waals surface area contributed by atoms with Gasteiger partial charge in [0.2, 0.25) is 0 Å². The Balaban J connectivity index is 2.24. The molecule has 0 spiro atoms. The zero-order valence-corrected chi connectivity index (χ0v) is 10.8. The van der Waals surface area contributed by atoms with Crippen LogP contribution >= 0.6 is 0 Å². The average molecular weight is 232 g/mol. The quantitative estimate of drug-likeness (QED) is 0.546. The lowest BCUT2D eigenvalue weighted by atomic mass is 9.97. The van der Waals surface area contributed by atoms with Gasteiger partial charge < -0.3 is 0 Å². The number of hydrogen-bond donors (Lipinski definition) is 0. The zero-order chi connectivity index (χ0) is 12.5. The van der Waals surface area contributed by atoms with Crippen LogP contribution in [0.3, 0.4) is 0 Å². The molecular weight excluding hydrogens is 216 g/mol. The number of aryl methyl sites for hydroxylation is 2. The van der Waals surface area contributed by atoms with Crippen molar-refractivity contribution in [2.24, 2.45) is 0 Å². The average Bonchev–Trinajstić information content (AvgIpc) is 2.39. The smallest absolute Gasteiger partial charge is 0.0154 e. The number of hydrogen-bond acceptors (Lipinski definition) is 0. The van der Waals surface area contributed by atoms with E-state index in [1.165, 1.54) is 33.0 Å². The van der Waals surface area contributed by atoms with Crippen LogP contribution in [-0.4, -0.2) is 0 Å². The Morgan fingerprint density at radius 1 is 0.667 bits per heavy atom. The summed E-state index contributed by atoms with van der Waals surface area (Å²) in [4.78, 5) is 0. The van der Waals surface area contributed by atoms with Gasteiger partial charge in [-0.25, -0.2) is 0 Å². The topological polar surface area (TPSA) is 0 Å². The number of rotatable bonds is 1. The van der Waals surface area contributed by atoms with Crippen LogP contribution in [0.25, 0.3) is 21.9 Å². The van der Waals surface area contributed by atoms with Crippen molar-refractivity contribution in [3.05, 3.63) is 71.8 Å². The van der Waals surface area contributed by atoms with Gasteiger partial charge in [-0.05, 0) is 47.4 Å². The van der Waals surface area contributed by atoms with Gasteiger partial charge in [-0.3, -0.25) is 0 Å². The molecule has 0 heterocycles. The van der Waals surface area contributed by atoms with Crippen molar-refractivity contribution in [2.45, 2.75) is 13.8 Å².